The van der Waals surface area contributed by atoms with E-state index in [4.69, 9.17) is 18.6 Å². The van der Waals surface area contributed by atoms with Gasteiger partial charge in [-0.3, -0.25) is 4.79 Å². The number of nitrogens with one attached hydrogen (secondary N) is 1. The SMILES string of the molecule is CCN(CC)[P+](CNC(=O)C12CC3CC(CC(C3)C1)C2)(N(CC)CC)N(CC)CC.[O-][Cl+3]([O-])([O-])O. The number of hydrogen-bond acceptors (Lipinski definition) is 8. The van der Waals surface area contributed by atoms with Crippen LogP contribution in [0.2, 0.25) is 0 Å². The van der Waals surface area contributed by atoms with Crippen LogP contribution in [0.5, 0.6) is 0 Å². The highest BCUT2D eigenvalue weighted by atomic mass is 35.7. The van der Waals surface area contributed by atoms with Crippen LogP contribution in [0.3, 0.4) is 0 Å². The number of rotatable bonds is 12. The summed E-state index contributed by atoms with van der Waals surface area (Å²) in [4.78, 5) is 13.8. The number of carbonyl (C=O) groups excluding carboxylic acids is 1. The summed E-state index contributed by atoms with van der Waals surface area (Å²) in [5.74, 6) is 2.83. The van der Waals surface area contributed by atoms with E-state index < -0.39 is 18.0 Å². The summed E-state index contributed by atoms with van der Waals surface area (Å²) in [6.07, 6.45) is 8.43. The van der Waals surface area contributed by atoms with Gasteiger partial charge in [-0.05, 0) is 97.8 Å². The summed E-state index contributed by atoms with van der Waals surface area (Å²) >= 11 is 0. The van der Waals surface area contributed by atoms with Crippen molar-refractivity contribution < 1.29 is 33.7 Å². The van der Waals surface area contributed by atoms with E-state index >= 15 is 0 Å². The van der Waals surface area contributed by atoms with Crippen molar-refractivity contribution in [2.45, 2.75) is 80.1 Å². The highest BCUT2D eigenvalue weighted by Gasteiger charge is 2.57. The van der Waals surface area contributed by atoms with Gasteiger partial charge in [0.15, 0.2) is 6.29 Å². The molecule has 206 valence electrons. The molecule has 1 amide bonds. The fourth-order valence-corrected chi connectivity index (χ4v) is 12.4. The van der Waals surface area contributed by atoms with Gasteiger partial charge in [-0.1, -0.05) is 0 Å². The Kier molecular flexibility index (Phi) is 11.7. The quantitative estimate of drug-likeness (QED) is 0.351. The Hall–Kier alpha value is -0.0900. The summed E-state index contributed by atoms with van der Waals surface area (Å²) in [5.41, 5.74) is -0.0554. The van der Waals surface area contributed by atoms with E-state index in [-0.39, 0.29) is 5.41 Å². The molecule has 2 N–H and O–H groups in total. The molecule has 0 aliphatic heterocycles. The first-order valence-corrected chi connectivity index (χ1v) is 16.6. The highest BCUT2D eigenvalue weighted by Crippen LogP contribution is 2.67. The lowest BCUT2D eigenvalue weighted by Gasteiger charge is -2.55. The van der Waals surface area contributed by atoms with Gasteiger partial charge in [-0.25, -0.2) is 0 Å². The van der Waals surface area contributed by atoms with E-state index in [2.05, 4.69) is 60.9 Å². The smallest absolute Gasteiger partial charge is 0.247 e. The molecule has 11 heteroatoms. The Labute approximate surface area is 215 Å². The Balaban J connectivity index is 0.000000784. The third-order valence-corrected chi connectivity index (χ3v) is 13.5. The lowest BCUT2D eigenvalue weighted by molar-refractivity contribution is -1.92. The molecular weight excluding hydrogens is 491 g/mol. The molecule has 0 atom stereocenters. The lowest BCUT2D eigenvalue weighted by atomic mass is 9.49. The molecule has 0 unspecified atom stereocenters. The molecule has 4 saturated carbocycles. The van der Waals surface area contributed by atoms with Crippen LogP contribution in [0.25, 0.3) is 0 Å². The lowest BCUT2D eigenvalue weighted by Crippen LogP contribution is -2.58. The molecule has 4 rings (SSSR count). The van der Waals surface area contributed by atoms with Crippen LogP contribution in [0.4, 0.5) is 0 Å². The average Bonchev–Trinajstić information content (AvgIpc) is 2.77. The molecule has 0 aromatic heterocycles. The van der Waals surface area contributed by atoms with Crippen molar-refractivity contribution >= 4 is 13.6 Å². The fourth-order valence-electron chi connectivity index (χ4n) is 7.62. The first kappa shape index (κ1) is 31.1. The van der Waals surface area contributed by atoms with Gasteiger partial charge in [-0.15, -0.1) is 14.0 Å². The minimum absolute atomic E-state index is 0.0554. The van der Waals surface area contributed by atoms with Crippen LogP contribution in [0.15, 0.2) is 0 Å². The topological polar surface area (TPSA) is 128 Å². The molecule has 0 heterocycles. The number of amides is 1. The second kappa shape index (κ2) is 13.1. The third kappa shape index (κ3) is 7.27. The number of hydrogen-bond donors (Lipinski definition) is 2. The van der Waals surface area contributed by atoms with E-state index in [1.165, 1.54) is 19.3 Å². The van der Waals surface area contributed by atoms with E-state index in [1.807, 2.05) is 0 Å². The van der Waals surface area contributed by atoms with E-state index in [0.717, 1.165) is 82.6 Å². The molecule has 35 heavy (non-hydrogen) atoms. The summed E-state index contributed by atoms with van der Waals surface area (Å²) in [5, 5.41) is 3.61. The van der Waals surface area contributed by atoms with E-state index in [9.17, 15) is 4.79 Å². The van der Waals surface area contributed by atoms with Crippen molar-refractivity contribution in [3.8, 4) is 0 Å². The number of halogens is 1. The van der Waals surface area contributed by atoms with Crippen molar-refractivity contribution in [2.24, 2.45) is 23.2 Å². The minimum atomic E-state index is -4.69. The third-order valence-electron chi connectivity index (χ3n) is 8.52. The van der Waals surface area contributed by atoms with Gasteiger partial charge in [0.05, 0.1) is 20.3 Å². The van der Waals surface area contributed by atoms with Crippen molar-refractivity contribution in [1.82, 2.24) is 19.3 Å². The largest absolute Gasteiger partial charge is 0.319 e. The monoisotopic (exact) mass is 539 g/mol. The van der Waals surface area contributed by atoms with Gasteiger partial charge in [0, 0.05) is 39.3 Å². The molecule has 4 aliphatic rings. The summed E-state index contributed by atoms with van der Waals surface area (Å²) in [6.45, 7) is 19.9. The van der Waals surface area contributed by atoms with Crippen LogP contribution >= 0.6 is 7.71 Å². The van der Waals surface area contributed by atoms with Gasteiger partial charge in [0.25, 0.3) is 0 Å². The van der Waals surface area contributed by atoms with Gasteiger partial charge in [0.1, 0.15) is 0 Å². The molecule has 0 radical (unpaired) electrons. The maximum absolute atomic E-state index is 13.8. The van der Waals surface area contributed by atoms with Crippen molar-refractivity contribution in [3.05, 3.63) is 0 Å². The minimum Gasteiger partial charge on any atom is -0.319 e. The van der Waals surface area contributed by atoms with E-state index in [0.29, 0.717) is 5.91 Å². The average molecular weight is 540 g/mol. The Morgan fingerprint density at radius 2 is 1.09 bits per heavy atom. The summed E-state index contributed by atoms with van der Waals surface area (Å²) in [6, 6.07) is 0. The summed E-state index contributed by atoms with van der Waals surface area (Å²) in [7, 11) is -6.50. The zero-order valence-electron chi connectivity index (χ0n) is 22.7. The summed E-state index contributed by atoms with van der Waals surface area (Å²) < 4.78 is 40.7. The highest BCUT2D eigenvalue weighted by molar-refractivity contribution is 7.69. The Morgan fingerprint density at radius 3 is 1.34 bits per heavy atom. The fraction of sp³-hybridized carbons (Fsp3) is 0.958. The van der Waals surface area contributed by atoms with Crippen LogP contribution in [-0.2, 0) is 4.79 Å². The van der Waals surface area contributed by atoms with Crippen LogP contribution < -0.4 is 19.3 Å². The molecule has 4 aliphatic carbocycles. The van der Waals surface area contributed by atoms with Gasteiger partial charge < -0.3 is 5.32 Å². The Morgan fingerprint density at radius 1 is 0.800 bits per heavy atom. The van der Waals surface area contributed by atoms with E-state index in [1.54, 1.807) is 0 Å². The first-order chi connectivity index (χ1) is 16.4. The predicted octanol–water partition coefficient (Wildman–Crippen LogP) is 0.941. The molecule has 4 bridgehead atoms. The molecule has 0 spiro atoms. The predicted molar refractivity (Wildman–Crippen MR) is 132 cm³/mol. The normalized spacial score (nSPS) is 28.0. The van der Waals surface area contributed by atoms with Crippen LogP contribution in [0, 0.1) is 33.4 Å². The second-order valence-corrected chi connectivity index (χ2v) is 14.6. The van der Waals surface area contributed by atoms with Gasteiger partial charge in [-0.2, -0.15) is 14.0 Å². The molecule has 0 aromatic rings. The maximum atomic E-state index is 13.8. The van der Waals surface area contributed by atoms with Gasteiger partial charge in [0.2, 0.25) is 13.6 Å². The zero-order valence-corrected chi connectivity index (χ0v) is 24.3. The van der Waals surface area contributed by atoms with Crippen molar-refractivity contribution in [2.75, 3.05) is 45.6 Å². The Bertz CT molecular complexity index is 596. The first-order valence-electron chi connectivity index (χ1n) is 13.5. The second-order valence-electron chi connectivity index (χ2n) is 10.4. The molecule has 4 fully saturated rings. The van der Waals surface area contributed by atoms with Crippen molar-refractivity contribution in [3.63, 3.8) is 0 Å². The van der Waals surface area contributed by atoms with Crippen LogP contribution in [-0.4, -0.2) is 70.1 Å². The molecule has 0 aromatic carbocycles. The van der Waals surface area contributed by atoms with Crippen molar-refractivity contribution in [1.29, 1.82) is 0 Å². The number of nitrogens with zero attached hydrogens (tertiary/aromatic N) is 3. The standard InChI is InChI=1S/C24H47N4OP.ClHO4/c1-7-26(8-2)30(27(9-3)10-4,28(11-5)12-6)19-25-23(29)24-16-20-13-21(17-24)15-22(14-20)18-24;2-1(3,4)5/h20-22H,7-19H2,1-6H3;(H,2,3,4,5)/p+1. The molecular formula is C24H49ClN4O5P+. The van der Waals surface area contributed by atoms with Gasteiger partial charge >= 0.3 is 0 Å². The zero-order chi connectivity index (χ0) is 26.4. The maximum Gasteiger partial charge on any atom is 0.247 e. The van der Waals surface area contributed by atoms with Crippen LogP contribution in [0.1, 0.15) is 80.1 Å². The molecule has 9 nitrogen and oxygen atoms in total. The molecule has 0 saturated heterocycles. The number of carbonyl (C=O) groups is 1.